The summed E-state index contributed by atoms with van der Waals surface area (Å²) in [6.07, 6.45) is 6.08. The zero-order valence-corrected chi connectivity index (χ0v) is 12.5. The average molecular weight is 268 g/mol. The molecule has 110 valence electrons. The summed E-state index contributed by atoms with van der Waals surface area (Å²) in [5, 5.41) is 3.60. The monoisotopic (exact) mass is 268 g/mol. The molecule has 2 rings (SSSR count). The van der Waals surface area contributed by atoms with Crippen LogP contribution in [0.1, 0.15) is 46.0 Å². The van der Waals surface area contributed by atoms with Crippen molar-refractivity contribution in [3.63, 3.8) is 0 Å². The molecule has 0 aromatic carbocycles. The summed E-state index contributed by atoms with van der Waals surface area (Å²) < 4.78 is 4.97. The molecule has 2 aliphatic rings. The maximum absolute atomic E-state index is 12.0. The maximum atomic E-state index is 12.0. The zero-order valence-electron chi connectivity index (χ0n) is 12.5. The van der Waals surface area contributed by atoms with Crippen LogP contribution in [-0.4, -0.2) is 49.2 Å². The Labute approximate surface area is 116 Å². The predicted molar refractivity (Wildman–Crippen MR) is 76.0 cm³/mol. The normalized spacial score (nSPS) is 30.7. The van der Waals surface area contributed by atoms with E-state index < -0.39 is 0 Å². The number of fused-ring (bicyclic) bond motifs is 1. The number of nitrogens with zero attached hydrogens (tertiary/aromatic N) is 1. The van der Waals surface area contributed by atoms with Crippen molar-refractivity contribution in [1.82, 2.24) is 10.2 Å². The molecule has 0 saturated carbocycles. The van der Waals surface area contributed by atoms with Crippen molar-refractivity contribution in [2.75, 3.05) is 20.2 Å². The first-order valence-electron chi connectivity index (χ1n) is 7.75. The molecule has 0 bridgehead atoms. The number of ether oxygens (including phenoxy) is 1. The van der Waals surface area contributed by atoms with E-state index in [0.29, 0.717) is 18.0 Å². The quantitative estimate of drug-likeness (QED) is 0.772. The molecule has 4 nitrogen and oxygen atoms in total. The third-order valence-corrected chi connectivity index (χ3v) is 4.92. The van der Waals surface area contributed by atoms with E-state index in [0.717, 1.165) is 12.8 Å². The molecule has 2 heterocycles. The van der Waals surface area contributed by atoms with Gasteiger partial charge in [-0.2, -0.15) is 0 Å². The highest BCUT2D eigenvalue weighted by molar-refractivity contribution is 5.76. The Bertz CT molecular complexity index is 309. The second-order valence-corrected chi connectivity index (χ2v) is 6.05. The number of methoxy groups -OCH3 is 1. The highest BCUT2D eigenvalue weighted by Crippen LogP contribution is 2.28. The fraction of sp³-hybridized carbons (Fsp3) is 0.933. The van der Waals surface area contributed by atoms with Gasteiger partial charge in [-0.1, -0.05) is 26.7 Å². The minimum absolute atomic E-state index is 0.108. The van der Waals surface area contributed by atoms with Gasteiger partial charge in [0.25, 0.3) is 0 Å². The Morgan fingerprint density at radius 3 is 2.84 bits per heavy atom. The number of hydrogen-bond donors (Lipinski definition) is 1. The van der Waals surface area contributed by atoms with Gasteiger partial charge in [-0.3, -0.25) is 15.0 Å². The molecule has 0 aliphatic carbocycles. The highest BCUT2D eigenvalue weighted by atomic mass is 16.5. The van der Waals surface area contributed by atoms with Crippen LogP contribution in [0, 0.1) is 5.92 Å². The molecule has 4 unspecified atom stereocenters. The molecule has 0 radical (unpaired) electrons. The Morgan fingerprint density at radius 1 is 1.37 bits per heavy atom. The van der Waals surface area contributed by atoms with Crippen molar-refractivity contribution < 1.29 is 9.53 Å². The Morgan fingerprint density at radius 2 is 2.16 bits per heavy atom. The molecule has 1 N–H and O–H groups in total. The van der Waals surface area contributed by atoms with Gasteiger partial charge < -0.3 is 4.74 Å². The third-order valence-electron chi connectivity index (χ3n) is 4.92. The van der Waals surface area contributed by atoms with Crippen LogP contribution < -0.4 is 5.32 Å². The van der Waals surface area contributed by atoms with Crippen LogP contribution in [0.2, 0.25) is 0 Å². The van der Waals surface area contributed by atoms with Gasteiger partial charge in [-0.05, 0) is 31.7 Å². The van der Waals surface area contributed by atoms with E-state index in [1.165, 1.54) is 39.5 Å². The lowest BCUT2D eigenvalue weighted by atomic mass is 9.94. The van der Waals surface area contributed by atoms with Gasteiger partial charge in [0.15, 0.2) is 0 Å². The lowest BCUT2D eigenvalue weighted by Crippen LogP contribution is -2.52. The number of carbonyl (C=O) groups excluding carboxylic acids is 1. The standard InChI is InChI=1S/C15H28N2O2/c1-4-11(2)14(15(18)19-3)16-12-8-10-17-9-6-5-7-13(12)17/h11-14,16H,4-10H2,1-3H3. The number of esters is 1. The topological polar surface area (TPSA) is 41.6 Å². The summed E-state index contributed by atoms with van der Waals surface area (Å²) in [7, 11) is 1.49. The van der Waals surface area contributed by atoms with Crippen molar-refractivity contribution in [3.8, 4) is 0 Å². The van der Waals surface area contributed by atoms with Gasteiger partial charge in [0, 0.05) is 18.6 Å². The summed E-state index contributed by atoms with van der Waals surface area (Å²) in [4.78, 5) is 14.6. The number of piperidine rings is 1. The van der Waals surface area contributed by atoms with Gasteiger partial charge >= 0.3 is 5.97 Å². The smallest absolute Gasteiger partial charge is 0.323 e. The second-order valence-electron chi connectivity index (χ2n) is 6.05. The van der Waals surface area contributed by atoms with E-state index in [2.05, 4.69) is 24.1 Å². The molecule has 2 fully saturated rings. The minimum Gasteiger partial charge on any atom is -0.468 e. The van der Waals surface area contributed by atoms with Crippen LogP contribution in [0.5, 0.6) is 0 Å². The fourth-order valence-corrected chi connectivity index (χ4v) is 3.50. The summed E-state index contributed by atoms with van der Waals surface area (Å²) in [6, 6.07) is 0.935. The van der Waals surface area contributed by atoms with E-state index in [9.17, 15) is 4.79 Å². The first-order chi connectivity index (χ1) is 9.17. The van der Waals surface area contributed by atoms with E-state index in [-0.39, 0.29) is 12.0 Å². The molecular formula is C15H28N2O2. The molecule has 0 spiro atoms. The lowest BCUT2D eigenvalue weighted by Gasteiger charge is -2.34. The van der Waals surface area contributed by atoms with Crippen molar-refractivity contribution in [2.45, 2.75) is 64.1 Å². The van der Waals surface area contributed by atoms with Crippen molar-refractivity contribution in [3.05, 3.63) is 0 Å². The molecule has 0 aromatic heterocycles. The maximum Gasteiger partial charge on any atom is 0.323 e. The Kier molecular flexibility index (Phi) is 5.22. The van der Waals surface area contributed by atoms with Gasteiger partial charge in [0.05, 0.1) is 7.11 Å². The average Bonchev–Trinajstić information content (AvgIpc) is 2.86. The molecule has 4 atom stereocenters. The van der Waals surface area contributed by atoms with E-state index in [4.69, 9.17) is 4.74 Å². The van der Waals surface area contributed by atoms with Crippen LogP contribution in [0.4, 0.5) is 0 Å². The fourth-order valence-electron chi connectivity index (χ4n) is 3.50. The van der Waals surface area contributed by atoms with Crippen LogP contribution in [0.25, 0.3) is 0 Å². The molecule has 0 amide bonds. The number of nitrogens with one attached hydrogen (secondary N) is 1. The first kappa shape index (κ1) is 14.8. The van der Waals surface area contributed by atoms with Gasteiger partial charge in [0.1, 0.15) is 6.04 Å². The molecular weight excluding hydrogens is 240 g/mol. The summed E-state index contributed by atoms with van der Waals surface area (Å²) in [5.41, 5.74) is 0. The SMILES string of the molecule is CCC(C)C(NC1CCN2CCCCC12)C(=O)OC. The van der Waals surface area contributed by atoms with E-state index in [1.807, 2.05) is 0 Å². The van der Waals surface area contributed by atoms with Gasteiger partial charge in [0.2, 0.25) is 0 Å². The van der Waals surface area contributed by atoms with Crippen LogP contribution >= 0.6 is 0 Å². The van der Waals surface area contributed by atoms with Crippen molar-refractivity contribution in [2.24, 2.45) is 5.92 Å². The van der Waals surface area contributed by atoms with E-state index >= 15 is 0 Å². The van der Waals surface area contributed by atoms with Crippen molar-refractivity contribution >= 4 is 5.97 Å². The summed E-state index contributed by atoms with van der Waals surface area (Å²) in [6.45, 7) is 6.66. The Balaban J connectivity index is 1.98. The summed E-state index contributed by atoms with van der Waals surface area (Å²) >= 11 is 0. The van der Waals surface area contributed by atoms with Crippen molar-refractivity contribution in [1.29, 1.82) is 0 Å². The summed E-state index contributed by atoms with van der Waals surface area (Å²) in [5.74, 6) is 0.216. The molecule has 2 saturated heterocycles. The first-order valence-corrected chi connectivity index (χ1v) is 7.75. The molecule has 19 heavy (non-hydrogen) atoms. The van der Waals surface area contributed by atoms with Crippen LogP contribution in [0.15, 0.2) is 0 Å². The van der Waals surface area contributed by atoms with Gasteiger partial charge in [-0.15, -0.1) is 0 Å². The second kappa shape index (κ2) is 6.71. The molecule has 4 heteroatoms. The lowest BCUT2D eigenvalue weighted by molar-refractivity contribution is -0.144. The van der Waals surface area contributed by atoms with Crippen LogP contribution in [0.3, 0.4) is 0 Å². The molecule has 0 aromatic rings. The highest BCUT2D eigenvalue weighted by Gasteiger charge is 2.38. The number of carbonyl (C=O) groups is 1. The predicted octanol–water partition coefficient (Wildman–Crippen LogP) is 1.79. The Hall–Kier alpha value is -0.610. The molecule has 2 aliphatic heterocycles. The van der Waals surface area contributed by atoms with E-state index in [1.54, 1.807) is 0 Å². The number of hydrogen-bond acceptors (Lipinski definition) is 4. The third kappa shape index (κ3) is 3.29. The largest absolute Gasteiger partial charge is 0.468 e. The van der Waals surface area contributed by atoms with Gasteiger partial charge in [-0.25, -0.2) is 0 Å². The van der Waals surface area contributed by atoms with Crippen LogP contribution in [-0.2, 0) is 9.53 Å². The number of rotatable bonds is 5. The zero-order chi connectivity index (χ0) is 13.8. The minimum atomic E-state index is -0.151.